The molecule has 0 saturated heterocycles. The van der Waals surface area contributed by atoms with Crippen molar-refractivity contribution in [3.63, 3.8) is 0 Å². The van der Waals surface area contributed by atoms with Crippen LogP contribution in [0.1, 0.15) is 91.7 Å². The van der Waals surface area contributed by atoms with Crippen LogP contribution < -0.4 is 5.32 Å². The summed E-state index contributed by atoms with van der Waals surface area (Å²) in [5.74, 6) is -0.0622. The average Bonchev–Trinajstić information content (AvgIpc) is 2.82. The van der Waals surface area contributed by atoms with Crippen LogP contribution in [-0.4, -0.2) is 23.3 Å². The minimum Gasteiger partial charge on any atom is -0.481 e. The first-order chi connectivity index (χ1) is 16.0. The van der Waals surface area contributed by atoms with E-state index in [1.54, 1.807) is 0 Å². The first kappa shape index (κ1) is 25.0. The Hall–Kier alpha value is -2.66. The van der Waals surface area contributed by atoms with Gasteiger partial charge in [-0.2, -0.15) is 0 Å². The number of aryl methyl sites for hydroxylation is 2. The van der Waals surface area contributed by atoms with Gasteiger partial charge in [-0.05, 0) is 78.5 Å². The van der Waals surface area contributed by atoms with Crippen molar-refractivity contribution in [1.29, 1.82) is 0 Å². The van der Waals surface area contributed by atoms with Gasteiger partial charge < -0.3 is 15.3 Å². The summed E-state index contributed by atoms with van der Waals surface area (Å²) in [6.45, 7) is 7.91. The Morgan fingerprint density at radius 1 is 1.12 bits per heavy atom. The fourth-order valence-electron chi connectivity index (χ4n) is 4.73. The Bertz CT molecular complexity index is 962. The van der Waals surface area contributed by atoms with Gasteiger partial charge >= 0.3 is 5.97 Å². The predicted molar refractivity (Wildman–Crippen MR) is 134 cm³/mol. The quantitative estimate of drug-likeness (QED) is 0.246. The lowest BCUT2D eigenvalue weighted by atomic mass is 9.82. The molecule has 2 aromatic carbocycles. The van der Waals surface area contributed by atoms with Gasteiger partial charge in [0.15, 0.2) is 0 Å². The van der Waals surface area contributed by atoms with E-state index in [9.17, 15) is 4.79 Å². The number of nitrogens with one attached hydrogen (secondary N) is 1. The highest BCUT2D eigenvalue weighted by atomic mass is 16.6. The minimum absolute atomic E-state index is 0.130. The summed E-state index contributed by atoms with van der Waals surface area (Å²) in [6, 6.07) is 13.0. The summed E-state index contributed by atoms with van der Waals surface area (Å²) in [5, 5.41) is 16.3. The van der Waals surface area contributed by atoms with Crippen LogP contribution in [0.4, 0.5) is 0 Å². The highest BCUT2D eigenvalue weighted by Crippen LogP contribution is 2.34. The van der Waals surface area contributed by atoms with Gasteiger partial charge in [0.25, 0.3) is 0 Å². The van der Waals surface area contributed by atoms with Crippen LogP contribution in [-0.2, 0) is 29.2 Å². The summed E-state index contributed by atoms with van der Waals surface area (Å²) in [5.41, 5.74) is 8.34. The Morgan fingerprint density at radius 2 is 1.91 bits per heavy atom. The summed E-state index contributed by atoms with van der Waals surface area (Å²) in [7, 11) is 0. The molecule has 33 heavy (non-hydrogen) atoms. The second kappa shape index (κ2) is 12.5. The van der Waals surface area contributed by atoms with Gasteiger partial charge in [-0.15, -0.1) is 0 Å². The van der Waals surface area contributed by atoms with Crippen LogP contribution in [0, 0.1) is 6.92 Å². The Kier molecular flexibility index (Phi) is 9.49. The zero-order valence-electron chi connectivity index (χ0n) is 20.3. The Labute approximate surface area is 198 Å². The van der Waals surface area contributed by atoms with Gasteiger partial charge in [0.2, 0.25) is 0 Å². The molecule has 178 valence electrons. The van der Waals surface area contributed by atoms with Crippen molar-refractivity contribution in [2.45, 2.75) is 84.8 Å². The van der Waals surface area contributed by atoms with Crippen molar-refractivity contribution in [1.82, 2.24) is 5.32 Å². The number of nitrogens with zero attached hydrogens (tertiary/aromatic N) is 1. The summed E-state index contributed by atoms with van der Waals surface area (Å²) >= 11 is 0. The molecule has 0 bridgehead atoms. The van der Waals surface area contributed by atoms with E-state index < -0.39 is 5.97 Å². The van der Waals surface area contributed by atoms with Gasteiger partial charge in [-0.3, -0.25) is 4.79 Å². The normalized spacial score (nSPS) is 14.9. The molecule has 1 aliphatic rings. The SMILES string of the molecule is CCc1cc(/C(C)=N/OCc2ccc(C3CCCCC3)c(C)c2)ccc1CNCCC(=O)O. The molecule has 1 aliphatic carbocycles. The molecule has 2 aromatic rings. The summed E-state index contributed by atoms with van der Waals surface area (Å²) in [6.07, 6.45) is 7.76. The van der Waals surface area contributed by atoms with E-state index in [4.69, 9.17) is 9.94 Å². The molecule has 2 N–H and O–H groups in total. The number of oxime groups is 1. The van der Waals surface area contributed by atoms with E-state index in [0.29, 0.717) is 19.7 Å². The molecule has 5 heteroatoms. The molecule has 1 saturated carbocycles. The molecule has 3 rings (SSSR count). The van der Waals surface area contributed by atoms with Crippen LogP contribution in [0.25, 0.3) is 0 Å². The van der Waals surface area contributed by atoms with Crippen molar-refractivity contribution in [3.05, 3.63) is 69.8 Å². The van der Waals surface area contributed by atoms with Crippen molar-refractivity contribution in [3.8, 4) is 0 Å². The minimum atomic E-state index is -0.782. The highest BCUT2D eigenvalue weighted by molar-refractivity contribution is 5.98. The van der Waals surface area contributed by atoms with Gasteiger partial charge in [-0.1, -0.05) is 61.7 Å². The number of hydrogen-bond acceptors (Lipinski definition) is 4. The van der Waals surface area contributed by atoms with Gasteiger partial charge in [0.05, 0.1) is 12.1 Å². The molecule has 5 nitrogen and oxygen atoms in total. The van der Waals surface area contributed by atoms with Crippen LogP contribution >= 0.6 is 0 Å². The highest BCUT2D eigenvalue weighted by Gasteiger charge is 2.17. The molecule has 0 unspecified atom stereocenters. The van der Waals surface area contributed by atoms with E-state index in [1.807, 2.05) is 6.92 Å². The number of carboxylic acids is 1. The van der Waals surface area contributed by atoms with Crippen LogP contribution in [0.5, 0.6) is 0 Å². The van der Waals surface area contributed by atoms with Gasteiger partial charge in [-0.25, -0.2) is 0 Å². The second-order valence-electron chi connectivity index (χ2n) is 9.13. The maximum atomic E-state index is 10.7. The number of rotatable bonds is 11. The zero-order valence-corrected chi connectivity index (χ0v) is 20.3. The van der Waals surface area contributed by atoms with Crippen LogP contribution in [0.3, 0.4) is 0 Å². The van der Waals surface area contributed by atoms with E-state index in [-0.39, 0.29) is 6.42 Å². The number of hydrogen-bond donors (Lipinski definition) is 2. The number of carbonyl (C=O) groups is 1. The molecule has 0 atom stereocenters. The molecule has 0 aromatic heterocycles. The predicted octanol–water partition coefficient (Wildman–Crippen LogP) is 6.11. The third-order valence-electron chi connectivity index (χ3n) is 6.65. The molecule has 0 spiro atoms. The standard InChI is InChI=1S/C28H38N2O3/c1-4-23-17-25(11-12-26(23)18-29-15-14-28(31)32)21(3)30-33-19-22-10-13-27(20(2)16-22)24-8-6-5-7-9-24/h10-13,16-17,24,29H,4-9,14-15,18-19H2,1-3H3,(H,31,32)/b30-21+. The Morgan fingerprint density at radius 3 is 2.61 bits per heavy atom. The number of benzene rings is 2. The average molecular weight is 451 g/mol. The maximum absolute atomic E-state index is 10.7. The van der Waals surface area contributed by atoms with Gasteiger partial charge in [0, 0.05) is 13.1 Å². The molecule has 0 amide bonds. The van der Waals surface area contributed by atoms with Gasteiger partial charge in [0.1, 0.15) is 6.61 Å². The molecule has 0 radical (unpaired) electrons. The fourth-order valence-corrected chi connectivity index (χ4v) is 4.73. The zero-order chi connectivity index (χ0) is 23.6. The number of aliphatic carboxylic acids is 1. The first-order valence-corrected chi connectivity index (χ1v) is 12.3. The van der Waals surface area contributed by atoms with Crippen LogP contribution in [0.15, 0.2) is 41.6 Å². The van der Waals surface area contributed by atoms with E-state index in [1.165, 1.54) is 54.4 Å². The van der Waals surface area contributed by atoms with Crippen LogP contribution in [0.2, 0.25) is 0 Å². The molecular weight excluding hydrogens is 412 g/mol. The Balaban J connectivity index is 1.56. The maximum Gasteiger partial charge on any atom is 0.304 e. The summed E-state index contributed by atoms with van der Waals surface area (Å²) < 4.78 is 0. The lowest BCUT2D eigenvalue weighted by molar-refractivity contribution is -0.136. The third-order valence-corrected chi connectivity index (χ3v) is 6.65. The van der Waals surface area contributed by atoms with E-state index >= 15 is 0 Å². The molecule has 0 heterocycles. The molecular formula is C28H38N2O3. The monoisotopic (exact) mass is 450 g/mol. The van der Waals surface area contributed by atoms with Crippen molar-refractivity contribution < 1.29 is 14.7 Å². The second-order valence-corrected chi connectivity index (χ2v) is 9.13. The lowest BCUT2D eigenvalue weighted by Crippen LogP contribution is -2.18. The number of carboxylic acid groups (broad SMARTS) is 1. The van der Waals surface area contributed by atoms with E-state index in [2.05, 4.69) is 60.7 Å². The van der Waals surface area contributed by atoms with E-state index in [0.717, 1.165) is 29.2 Å². The fraction of sp³-hybridized carbons (Fsp3) is 0.500. The van der Waals surface area contributed by atoms with Crippen molar-refractivity contribution >= 4 is 11.7 Å². The smallest absolute Gasteiger partial charge is 0.304 e. The molecule has 0 aliphatic heterocycles. The van der Waals surface area contributed by atoms with Crippen molar-refractivity contribution in [2.75, 3.05) is 6.54 Å². The lowest BCUT2D eigenvalue weighted by Gasteiger charge is -2.23. The van der Waals surface area contributed by atoms with Crippen molar-refractivity contribution in [2.24, 2.45) is 5.16 Å². The first-order valence-electron chi connectivity index (χ1n) is 12.3. The largest absolute Gasteiger partial charge is 0.481 e. The summed E-state index contributed by atoms with van der Waals surface area (Å²) in [4.78, 5) is 16.4. The molecule has 1 fully saturated rings. The third kappa shape index (κ3) is 7.43. The topological polar surface area (TPSA) is 70.9 Å².